The first-order valence-corrected chi connectivity index (χ1v) is 8.43. The average molecular weight is 366 g/mol. The number of rotatable bonds is 4. The molecule has 0 aromatic carbocycles. The molecule has 3 rings (SSSR count). The zero-order valence-electron chi connectivity index (χ0n) is 14.9. The van der Waals surface area contributed by atoms with Gasteiger partial charge in [-0.05, 0) is 45.6 Å². The molecule has 0 saturated heterocycles. The first kappa shape index (κ1) is 18.4. The van der Waals surface area contributed by atoms with Crippen LogP contribution in [0.1, 0.15) is 54.9 Å². The van der Waals surface area contributed by atoms with Gasteiger partial charge in [-0.2, -0.15) is 18.3 Å². The summed E-state index contributed by atoms with van der Waals surface area (Å²) >= 11 is 0. The maximum Gasteiger partial charge on any atom is 0.410 e. The number of aliphatic imine (C=N–C) groups is 1. The SMILES string of the molecule is C=CC(=N/C=C\C)n1nc(C(=O)NC(C)(C)C(F)(F)F)c2c1[C@H]1C[C@H]1C2. The van der Waals surface area contributed by atoms with Gasteiger partial charge in [0.05, 0.1) is 5.69 Å². The molecule has 1 aromatic rings. The van der Waals surface area contributed by atoms with Gasteiger partial charge in [0.15, 0.2) is 11.5 Å². The zero-order chi connectivity index (χ0) is 19.3. The van der Waals surface area contributed by atoms with Gasteiger partial charge in [0, 0.05) is 17.7 Å². The van der Waals surface area contributed by atoms with E-state index < -0.39 is 17.6 Å². The first-order valence-electron chi connectivity index (χ1n) is 8.43. The Hall–Kier alpha value is -2.38. The summed E-state index contributed by atoms with van der Waals surface area (Å²) in [6, 6.07) is 0. The van der Waals surface area contributed by atoms with Gasteiger partial charge in [-0.1, -0.05) is 12.7 Å². The lowest BCUT2D eigenvalue weighted by Gasteiger charge is -2.28. The minimum absolute atomic E-state index is 0.0413. The van der Waals surface area contributed by atoms with Crippen molar-refractivity contribution in [1.29, 1.82) is 0 Å². The Balaban J connectivity index is 2.00. The number of carbonyl (C=O) groups excluding carboxylic acids is 1. The van der Waals surface area contributed by atoms with E-state index in [9.17, 15) is 18.0 Å². The molecule has 5 nitrogen and oxygen atoms in total. The summed E-state index contributed by atoms with van der Waals surface area (Å²) < 4.78 is 40.9. The number of alkyl halides is 3. The molecule has 1 fully saturated rings. The molecular formula is C18H21F3N4O. The molecule has 0 spiro atoms. The number of nitrogens with zero attached hydrogens (tertiary/aromatic N) is 3. The fraction of sp³-hybridized carbons (Fsp3) is 0.500. The maximum atomic E-state index is 13.1. The number of nitrogens with one attached hydrogen (secondary N) is 1. The molecule has 26 heavy (non-hydrogen) atoms. The molecule has 0 unspecified atom stereocenters. The molecule has 1 aromatic heterocycles. The van der Waals surface area contributed by atoms with Crippen LogP contribution in [0.4, 0.5) is 13.2 Å². The minimum atomic E-state index is -4.56. The molecule has 0 bridgehead atoms. The van der Waals surface area contributed by atoms with Crippen LogP contribution in [0.5, 0.6) is 0 Å². The summed E-state index contributed by atoms with van der Waals surface area (Å²) in [4.78, 5) is 16.8. The zero-order valence-corrected chi connectivity index (χ0v) is 14.9. The summed E-state index contributed by atoms with van der Waals surface area (Å²) in [5, 5.41) is 6.37. The van der Waals surface area contributed by atoms with Crippen molar-refractivity contribution in [3.8, 4) is 0 Å². The molecule has 1 amide bonds. The lowest BCUT2D eigenvalue weighted by Crippen LogP contribution is -2.54. The second kappa shape index (κ2) is 6.10. The highest BCUT2D eigenvalue weighted by Crippen LogP contribution is 2.57. The Kier molecular flexibility index (Phi) is 4.32. The minimum Gasteiger partial charge on any atom is -0.337 e. The normalized spacial score (nSPS) is 22.3. The van der Waals surface area contributed by atoms with Crippen LogP contribution in [0.15, 0.2) is 29.9 Å². The lowest BCUT2D eigenvalue weighted by molar-refractivity contribution is -0.182. The summed E-state index contributed by atoms with van der Waals surface area (Å²) in [6.45, 7) is 7.40. The average Bonchev–Trinajstić information content (AvgIpc) is 3.04. The molecule has 0 aliphatic heterocycles. The quantitative estimate of drug-likeness (QED) is 0.654. The van der Waals surface area contributed by atoms with Crippen molar-refractivity contribution in [2.24, 2.45) is 10.9 Å². The van der Waals surface area contributed by atoms with E-state index in [1.54, 1.807) is 17.0 Å². The number of carbonyl (C=O) groups is 1. The third-order valence-electron chi connectivity index (χ3n) is 4.87. The third-order valence-corrected chi connectivity index (χ3v) is 4.87. The van der Waals surface area contributed by atoms with Crippen LogP contribution in [0.25, 0.3) is 0 Å². The molecule has 0 radical (unpaired) electrons. The van der Waals surface area contributed by atoms with E-state index in [2.05, 4.69) is 22.0 Å². The van der Waals surface area contributed by atoms with Crippen molar-refractivity contribution < 1.29 is 18.0 Å². The van der Waals surface area contributed by atoms with Crippen molar-refractivity contribution in [3.63, 3.8) is 0 Å². The smallest absolute Gasteiger partial charge is 0.337 e. The number of aromatic nitrogens is 2. The van der Waals surface area contributed by atoms with Gasteiger partial charge in [0.2, 0.25) is 0 Å². The van der Waals surface area contributed by atoms with E-state index >= 15 is 0 Å². The van der Waals surface area contributed by atoms with E-state index in [-0.39, 0.29) is 11.6 Å². The van der Waals surface area contributed by atoms with Crippen LogP contribution in [0.3, 0.4) is 0 Å². The van der Waals surface area contributed by atoms with Gasteiger partial charge < -0.3 is 5.32 Å². The molecule has 1 saturated carbocycles. The van der Waals surface area contributed by atoms with Crippen molar-refractivity contribution in [2.45, 2.75) is 51.2 Å². The van der Waals surface area contributed by atoms with E-state index in [1.807, 2.05) is 6.92 Å². The number of hydrogen-bond donors (Lipinski definition) is 1. The van der Waals surface area contributed by atoms with Gasteiger partial charge in [-0.25, -0.2) is 9.67 Å². The summed E-state index contributed by atoms with van der Waals surface area (Å²) in [7, 11) is 0. The van der Waals surface area contributed by atoms with Crippen LogP contribution in [-0.2, 0) is 6.42 Å². The van der Waals surface area contributed by atoms with Gasteiger partial charge in [-0.3, -0.25) is 4.79 Å². The topological polar surface area (TPSA) is 59.3 Å². The highest BCUT2D eigenvalue weighted by atomic mass is 19.4. The second-order valence-electron chi connectivity index (χ2n) is 7.18. The van der Waals surface area contributed by atoms with Crippen LogP contribution >= 0.6 is 0 Å². The maximum absolute atomic E-state index is 13.1. The largest absolute Gasteiger partial charge is 0.410 e. The number of fused-ring (bicyclic) bond motifs is 3. The van der Waals surface area contributed by atoms with E-state index in [0.717, 1.165) is 31.5 Å². The Bertz CT molecular complexity index is 817. The van der Waals surface area contributed by atoms with Gasteiger partial charge >= 0.3 is 6.18 Å². The first-order chi connectivity index (χ1) is 12.1. The van der Waals surface area contributed by atoms with Crippen LogP contribution in [-0.4, -0.2) is 33.2 Å². The van der Waals surface area contributed by atoms with Crippen LogP contribution < -0.4 is 5.32 Å². The van der Waals surface area contributed by atoms with E-state index in [1.165, 1.54) is 6.08 Å². The van der Waals surface area contributed by atoms with Crippen molar-refractivity contribution in [2.75, 3.05) is 0 Å². The Morgan fingerprint density at radius 1 is 1.42 bits per heavy atom. The van der Waals surface area contributed by atoms with Crippen LogP contribution in [0, 0.1) is 5.92 Å². The third kappa shape index (κ3) is 2.97. The molecule has 1 N–H and O–H groups in total. The lowest BCUT2D eigenvalue weighted by atomic mass is 10.0. The number of amides is 1. The molecule has 2 aliphatic rings. The van der Waals surface area contributed by atoms with Gasteiger partial charge in [0.25, 0.3) is 5.91 Å². The molecule has 2 aliphatic carbocycles. The molecule has 140 valence electrons. The van der Waals surface area contributed by atoms with Crippen molar-refractivity contribution in [1.82, 2.24) is 15.1 Å². The fourth-order valence-electron chi connectivity index (χ4n) is 3.23. The van der Waals surface area contributed by atoms with Crippen molar-refractivity contribution in [3.05, 3.63) is 41.9 Å². The highest BCUT2D eigenvalue weighted by molar-refractivity contribution is 5.99. The van der Waals surface area contributed by atoms with E-state index in [0.29, 0.717) is 18.2 Å². The standard InChI is InChI=1S/C18H21F3N4O/c1-5-7-22-13(6-2)25-15-11-8-10(11)9-12(15)14(24-25)16(26)23-17(3,4)18(19,20)21/h5-7,10-11H,2,8-9H2,1,3-4H3,(H,23,26)/b7-5-,22-13?/t10-,11-/m0/s1. The molecule has 8 heteroatoms. The fourth-order valence-corrected chi connectivity index (χ4v) is 3.23. The predicted molar refractivity (Wildman–Crippen MR) is 92.2 cm³/mol. The van der Waals surface area contributed by atoms with Gasteiger partial charge in [0.1, 0.15) is 5.54 Å². The highest BCUT2D eigenvalue weighted by Gasteiger charge is 2.52. The predicted octanol–water partition coefficient (Wildman–Crippen LogP) is 3.58. The Morgan fingerprint density at radius 2 is 2.12 bits per heavy atom. The van der Waals surface area contributed by atoms with Gasteiger partial charge in [-0.15, -0.1) is 0 Å². The molecule has 2 atom stereocenters. The number of hydrogen-bond acceptors (Lipinski definition) is 3. The van der Waals surface area contributed by atoms with Crippen molar-refractivity contribution >= 4 is 11.7 Å². The number of allylic oxidation sites excluding steroid dienone is 2. The summed E-state index contributed by atoms with van der Waals surface area (Å²) in [5.41, 5.74) is -0.716. The Labute approximate surface area is 149 Å². The van der Waals surface area contributed by atoms with Crippen LogP contribution in [0.2, 0.25) is 0 Å². The Morgan fingerprint density at radius 3 is 2.69 bits per heavy atom. The molecular weight excluding hydrogens is 345 g/mol. The van der Waals surface area contributed by atoms with E-state index in [4.69, 9.17) is 0 Å². The number of halogens is 3. The summed E-state index contributed by atoms with van der Waals surface area (Å²) in [6.07, 6.45) is 1.94. The summed E-state index contributed by atoms with van der Waals surface area (Å²) in [5.74, 6) is 0.341. The molecule has 1 heterocycles. The second-order valence-corrected chi connectivity index (χ2v) is 7.18. The monoisotopic (exact) mass is 366 g/mol.